The Morgan fingerprint density at radius 3 is 2.71 bits per heavy atom. The van der Waals surface area contributed by atoms with Crippen molar-refractivity contribution in [3.05, 3.63) is 52.5 Å². The van der Waals surface area contributed by atoms with Crippen molar-refractivity contribution in [3.8, 4) is 22.8 Å². The van der Waals surface area contributed by atoms with Crippen molar-refractivity contribution in [1.29, 1.82) is 0 Å². The fourth-order valence-corrected chi connectivity index (χ4v) is 2.76. The summed E-state index contributed by atoms with van der Waals surface area (Å²) in [7, 11) is 0. The molecular weight excluding hydrogens is 330 g/mol. The molecule has 1 aliphatic rings. The molecule has 2 heterocycles. The lowest BCUT2D eigenvalue weighted by atomic mass is 10.1. The number of hydrogen-bond donors (Lipinski definition) is 1. The van der Waals surface area contributed by atoms with E-state index in [-0.39, 0.29) is 0 Å². The van der Waals surface area contributed by atoms with Crippen molar-refractivity contribution in [2.75, 3.05) is 11.9 Å². The Morgan fingerprint density at radius 2 is 1.86 bits per heavy atom. The molecule has 0 unspecified atom stereocenters. The Balaban J connectivity index is 1.69. The quantitative estimate of drug-likeness (QED) is 0.761. The number of aromatic nitrogens is 2. The van der Waals surface area contributed by atoms with E-state index in [0.29, 0.717) is 11.7 Å². The molecule has 104 valence electrons. The third-order valence-electron chi connectivity index (χ3n) is 3.59. The van der Waals surface area contributed by atoms with Crippen molar-refractivity contribution in [2.24, 2.45) is 0 Å². The first-order chi connectivity index (χ1) is 10.3. The maximum Gasteiger partial charge on any atom is 0.258 e. The summed E-state index contributed by atoms with van der Waals surface area (Å²) in [4.78, 5) is 4.49. The molecule has 1 aliphatic heterocycles. The zero-order valence-corrected chi connectivity index (χ0v) is 12.7. The van der Waals surface area contributed by atoms with E-state index in [1.807, 2.05) is 30.3 Å². The Hall–Kier alpha value is -2.14. The number of hydrogen-bond acceptors (Lipinski definition) is 4. The summed E-state index contributed by atoms with van der Waals surface area (Å²) in [5, 5.41) is 7.41. The van der Waals surface area contributed by atoms with Crippen LogP contribution in [0.5, 0.6) is 0 Å². The summed E-state index contributed by atoms with van der Waals surface area (Å²) in [6.45, 7) is 0.993. The summed E-state index contributed by atoms with van der Waals surface area (Å²) in [5.41, 5.74) is 4.41. The highest BCUT2D eigenvalue weighted by Gasteiger charge is 2.15. The van der Waals surface area contributed by atoms with Gasteiger partial charge in [-0.05, 0) is 54.4 Å². The number of anilines is 1. The first-order valence-corrected chi connectivity index (χ1v) is 7.56. The van der Waals surface area contributed by atoms with E-state index in [4.69, 9.17) is 4.52 Å². The van der Waals surface area contributed by atoms with Gasteiger partial charge in [0.15, 0.2) is 0 Å². The summed E-state index contributed by atoms with van der Waals surface area (Å²) in [6, 6.07) is 14.1. The zero-order chi connectivity index (χ0) is 14.2. The first-order valence-electron chi connectivity index (χ1n) is 6.76. The van der Waals surface area contributed by atoms with Gasteiger partial charge in [-0.1, -0.05) is 21.1 Å². The second-order valence-electron chi connectivity index (χ2n) is 4.98. The van der Waals surface area contributed by atoms with E-state index < -0.39 is 0 Å². The van der Waals surface area contributed by atoms with E-state index >= 15 is 0 Å². The van der Waals surface area contributed by atoms with Crippen LogP contribution >= 0.6 is 15.9 Å². The van der Waals surface area contributed by atoms with Crippen LogP contribution in [0.3, 0.4) is 0 Å². The molecule has 0 fully saturated rings. The lowest BCUT2D eigenvalue weighted by Gasteiger charge is -2.00. The molecule has 5 heteroatoms. The molecular formula is C16H12BrN3O. The molecule has 1 aromatic heterocycles. The lowest BCUT2D eigenvalue weighted by Crippen LogP contribution is -1.90. The van der Waals surface area contributed by atoms with Gasteiger partial charge in [0.05, 0.1) is 0 Å². The molecule has 2 aromatic carbocycles. The minimum Gasteiger partial charge on any atom is -0.384 e. The predicted octanol–water partition coefficient (Wildman–Crippen LogP) is 4.13. The molecule has 4 rings (SSSR count). The van der Waals surface area contributed by atoms with Gasteiger partial charge in [0.2, 0.25) is 5.82 Å². The Bertz CT molecular complexity index is 796. The number of rotatable bonds is 2. The molecule has 4 nitrogen and oxygen atoms in total. The summed E-state index contributed by atoms with van der Waals surface area (Å²) in [5.74, 6) is 1.17. The Morgan fingerprint density at radius 1 is 1.05 bits per heavy atom. The average molecular weight is 342 g/mol. The van der Waals surface area contributed by atoms with E-state index in [2.05, 4.69) is 43.5 Å². The van der Waals surface area contributed by atoms with Gasteiger partial charge in [-0.25, -0.2) is 0 Å². The van der Waals surface area contributed by atoms with Gasteiger partial charge >= 0.3 is 0 Å². The first kappa shape index (κ1) is 12.6. The van der Waals surface area contributed by atoms with E-state index in [0.717, 1.165) is 28.6 Å². The van der Waals surface area contributed by atoms with Gasteiger partial charge in [0.25, 0.3) is 5.89 Å². The standard InChI is InChI=1S/C16H12BrN3O/c17-13-4-1-10(2-5-13)15-19-16(21-20-15)12-3-6-14-11(9-12)7-8-18-14/h1-6,9,18H,7-8H2. The van der Waals surface area contributed by atoms with Crippen LogP contribution in [0.25, 0.3) is 22.8 Å². The van der Waals surface area contributed by atoms with Gasteiger partial charge in [0, 0.05) is 27.8 Å². The second kappa shape index (κ2) is 5.00. The third kappa shape index (κ3) is 2.34. The van der Waals surface area contributed by atoms with Crippen molar-refractivity contribution in [1.82, 2.24) is 10.1 Å². The normalized spacial score (nSPS) is 13.0. The molecule has 0 bridgehead atoms. The maximum atomic E-state index is 5.40. The molecule has 0 spiro atoms. The van der Waals surface area contributed by atoms with Gasteiger partial charge in [-0.2, -0.15) is 4.98 Å². The highest BCUT2D eigenvalue weighted by Crippen LogP contribution is 2.29. The number of benzene rings is 2. The largest absolute Gasteiger partial charge is 0.384 e. The Labute approximate surface area is 130 Å². The van der Waals surface area contributed by atoms with Crippen molar-refractivity contribution in [3.63, 3.8) is 0 Å². The molecule has 0 saturated heterocycles. The molecule has 0 atom stereocenters. The van der Waals surface area contributed by atoms with Crippen molar-refractivity contribution in [2.45, 2.75) is 6.42 Å². The van der Waals surface area contributed by atoms with Gasteiger partial charge < -0.3 is 9.84 Å². The number of nitrogens with zero attached hydrogens (tertiary/aromatic N) is 2. The molecule has 0 amide bonds. The van der Waals surface area contributed by atoms with Crippen LogP contribution in [0.2, 0.25) is 0 Å². The van der Waals surface area contributed by atoms with Gasteiger partial charge in [-0.3, -0.25) is 0 Å². The third-order valence-corrected chi connectivity index (χ3v) is 4.12. The van der Waals surface area contributed by atoms with E-state index in [1.165, 1.54) is 11.3 Å². The average Bonchev–Trinajstić information content (AvgIpc) is 3.16. The summed E-state index contributed by atoms with van der Waals surface area (Å²) < 4.78 is 6.43. The van der Waals surface area contributed by atoms with Crippen LogP contribution < -0.4 is 5.32 Å². The maximum absolute atomic E-state index is 5.40. The lowest BCUT2D eigenvalue weighted by molar-refractivity contribution is 0.432. The highest BCUT2D eigenvalue weighted by molar-refractivity contribution is 9.10. The van der Waals surface area contributed by atoms with Crippen LogP contribution in [-0.2, 0) is 6.42 Å². The number of nitrogens with one attached hydrogen (secondary N) is 1. The molecule has 0 aliphatic carbocycles. The monoisotopic (exact) mass is 341 g/mol. The fourth-order valence-electron chi connectivity index (χ4n) is 2.49. The van der Waals surface area contributed by atoms with Gasteiger partial charge in [-0.15, -0.1) is 0 Å². The van der Waals surface area contributed by atoms with Crippen molar-refractivity contribution < 1.29 is 4.52 Å². The minimum atomic E-state index is 0.558. The van der Waals surface area contributed by atoms with E-state index in [1.54, 1.807) is 0 Å². The van der Waals surface area contributed by atoms with Crippen LogP contribution in [0.4, 0.5) is 5.69 Å². The second-order valence-corrected chi connectivity index (χ2v) is 5.89. The molecule has 0 radical (unpaired) electrons. The van der Waals surface area contributed by atoms with Crippen LogP contribution in [-0.4, -0.2) is 16.7 Å². The SMILES string of the molecule is Brc1ccc(-c2noc(-c3ccc4c(c3)CCN4)n2)cc1. The number of halogens is 1. The minimum absolute atomic E-state index is 0.558. The molecule has 3 aromatic rings. The van der Waals surface area contributed by atoms with E-state index in [9.17, 15) is 0 Å². The topological polar surface area (TPSA) is 51.0 Å². The van der Waals surface area contributed by atoms with Crippen LogP contribution in [0, 0.1) is 0 Å². The zero-order valence-electron chi connectivity index (χ0n) is 11.1. The number of fused-ring (bicyclic) bond motifs is 1. The molecule has 0 saturated carbocycles. The van der Waals surface area contributed by atoms with Crippen molar-refractivity contribution >= 4 is 21.6 Å². The van der Waals surface area contributed by atoms with Crippen LogP contribution in [0.1, 0.15) is 5.56 Å². The smallest absolute Gasteiger partial charge is 0.258 e. The van der Waals surface area contributed by atoms with Gasteiger partial charge in [0.1, 0.15) is 0 Å². The van der Waals surface area contributed by atoms with Crippen LogP contribution in [0.15, 0.2) is 51.5 Å². The highest BCUT2D eigenvalue weighted by atomic mass is 79.9. The predicted molar refractivity (Wildman–Crippen MR) is 85.1 cm³/mol. The Kier molecular flexibility index (Phi) is 3.00. The fraction of sp³-hybridized carbons (Fsp3) is 0.125. The summed E-state index contributed by atoms with van der Waals surface area (Å²) >= 11 is 3.42. The molecule has 21 heavy (non-hydrogen) atoms. The summed E-state index contributed by atoms with van der Waals surface area (Å²) in [6.07, 6.45) is 1.04. The molecule has 1 N–H and O–H groups in total.